The Kier molecular flexibility index (Phi) is 7.06. The Morgan fingerprint density at radius 3 is 2.32 bits per heavy atom. The van der Waals surface area contributed by atoms with E-state index in [1.165, 1.54) is 0 Å². The molecule has 1 aromatic carbocycles. The number of ether oxygens (including phenoxy) is 3. The predicted octanol–water partition coefficient (Wildman–Crippen LogP) is 1.85. The molecule has 1 amide bonds. The summed E-state index contributed by atoms with van der Waals surface area (Å²) < 4.78 is 16.1. The number of carboxylic acid groups (broad SMARTS) is 1. The third kappa shape index (κ3) is 5.63. The number of rotatable bonds is 9. The minimum absolute atomic E-state index is 0.0810. The number of nitrogens with one attached hydrogen (secondary N) is 1. The normalized spacial score (nSPS) is 16.0. The fourth-order valence-corrected chi connectivity index (χ4v) is 2.55. The van der Waals surface area contributed by atoms with E-state index in [0.717, 1.165) is 12.2 Å². The van der Waals surface area contributed by atoms with Gasteiger partial charge in [0, 0.05) is 19.8 Å². The Bertz CT molecular complexity index is 565. The first kappa shape index (κ1) is 19.1. The van der Waals surface area contributed by atoms with Crippen molar-refractivity contribution >= 4 is 11.9 Å². The van der Waals surface area contributed by atoms with Crippen molar-refractivity contribution in [3.05, 3.63) is 24.3 Å². The molecular formula is C18H25NO6. The lowest BCUT2D eigenvalue weighted by molar-refractivity contribution is -0.154. The molecule has 1 aromatic rings. The number of carbonyl (C=O) groups excluding carboxylic acids is 1. The largest absolute Gasteiger partial charge is 0.494 e. The fraction of sp³-hybridized carbons (Fsp3) is 0.556. The molecule has 1 fully saturated rings. The van der Waals surface area contributed by atoms with E-state index >= 15 is 0 Å². The molecule has 0 atom stereocenters. The molecule has 0 radical (unpaired) electrons. The standard InChI is InChI=1S/C18H25NO6/c1-2-9-24-14-3-5-15(6-4-14)25-12-16(20)19-13-18(17(21)22)7-10-23-11-8-18/h3-6H,2,7-13H2,1H3,(H,19,20)(H,21,22). The van der Waals surface area contributed by atoms with Gasteiger partial charge in [0.1, 0.15) is 11.5 Å². The molecule has 0 spiro atoms. The van der Waals surface area contributed by atoms with Crippen LogP contribution in [0.15, 0.2) is 24.3 Å². The summed E-state index contributed by atoms with van der Waals surface area (Å²) >= 11 is 0. The molecule has 138 valence electrons. The van der Waals surface area contributed by atoms with E-state index in [4.69, 9.17) is 14.2 Å². The fourth-order valence-electron chi connectivity index (χ4n) is 2.55. The molecule has 7 heteroatoms. The van der Waals surface area contributed by atoms with Gasteiger partial charge in [-0.1, -0.05) is 6.92 Å². The number of benzene rings is 1. The van der Waals surface area contributed by atoms with Gasteiger partial charge >= 0.3 is 5.97 Å². The first-order valence-corrected chi connectivity index (χ1v) is 8.49. The van der Waals surface area contributed by atoms with Gasteiger partial charge in [0.2, 0.25) is 0 Å². The maximum atomic E-state index is 11.9. The van der Waals surface area contributed by atoms with E-state index in [0.29, 0.717) is 38.4 Å². The average molecular weight is 351 g/mol. The quantitative estimate of drug-likeness (QED) is 0.705. The lowest BCUT2D eigenvalue weighted by atomic mass is 9.80. The van der Waals surface area contributed by atoms with Gasteiger partial charge in [0.05, 0.1) is 12.0 Å². The van der Waals surface area contributed by atoms with Crippen LogP contribution in [-0.4, -0.2) is 50.0 Å². The second-order valence-electron chi connectivity index (χ2n) is 6.08. The van der Waals surface area contributed by atoms with Crippen molar-refractivity contribution in [1.29, 1.82) is 0 Å². The Morgan fingerprint density at radius 2 is 1.76 bits per heavy atom. The van der Waals surface area contributed by atoms with Gasteiger partial charge in [0.15, 0.2) is 6.61 Å². The van der Waals surface area contributed by atoms with Crippen LogP contribution in [0.5, 0.6) is 11.5 Å². The number of amides is 1. The Hall–Kier alpha value is -2.28. The number of aliphatic carboxylic acids is 1. The van der Waals surface area contributed by atoms with E-state index in [-0.39, 0.29) is 19.1 Å². The van der Waals surface area contributed by atoms with Gasteiger partial charge in [-0.2, -0.15) is 0 Å². The summed E-state index contributed by atoms with van der Waals surface area (Å²) in [5.41, 5.74) is -0.952. The number of hydrogen-bond acceptors (Lipinski definition) is 5. The van der Waals surface area contributed by atoms with Crippen molar-refractivity contribution < 1.29 is 28.9 Å². The van der Waals surface area contributed by atoms with E-state index < -0.39 is 11.4 Å². The molecule has 7 nitrogen and oxygen atoms in total. The van der Waals surface area contributed by atoms with Crippen LogP contribution in [-0.2, 0) is 14.3 Å². The molecule has 25 heavy (non-hydrogen) atoms. The lowest BCUT2D eigenvalue weighted by Gasteiger charge is -2.33. The highest BCUT2D eigenvalue weighted by Gasteiger charge is 2.40. The van der Waals surface area contributed by atoms with Crippen molar-refractivity contribution in [2.75, 3.05) is 33.0 Å². The zero-order chi connectivity index (χ0) is 18.1. The van der Waals surface area contributed by atoms with E-state index in [9.17, 15) is 14.7 Å². The smallest absolute Gasteiger partial charge is 0.311 e. The Balaban J connectivity index is 1.77. The molecule has 0 aromatic heterocycles. The number of carboxylic acids is 1. The minimum Gasteiger partial charge on any atom is -0.494 e. The molecule has 0 saturated carbocycles. The number of carbonyl (C=O) groups is 2. The molecule has 1 aliphatic heterocycles. The summed E-state index contributed by atoms with van der Waals surface area (Å²) in [5.74, 6) is 0.0534. The molecule has 1 saturated heterocycles. The molecule has 2 N–H and O–H groups in total. The van der Waals surface area contributed by atoms with Crippen LogP contribution in [0.3, 0.4) is 0 Å². The average Bonchev–Trinajstić information content (AvgIpc) is 2.64. The second kappa shape index (κ2) is 9.27. The maximum absolute atomic E-state index is 11.9. The number of hydrogen-bond donors (Lipinski definition) is 2. The van der Waals surface area contributed by atoms with Gasteiger partial charge in [-0.25, -0.2) is 0 Å². The predicted molar refractivity (Wildman–Crippen MR) is 90.9 cm³/mol. The van der Waals surface area contributed by atoms with Crippen LogP contribution in [0.1, 0.15) is 26.2 Å². The van der Waals surface area contributed by atoms with Gasteiger partial charge in [-0.3, -0.25) is 9.59 Å². The van der Waals surface area contributed by atoms with Crippen molar-refractivity contribution in [3.8, 4) is 11.5 Å². The zero-order valence-corrected chi connectivity index (χ0v) is 14.5. The molecular weight excluding hydrogens is 326 g/mol. The Labute approximate surface area is 147 Å². The first-order valence-electron chi connectivity index (χ1n) is 8.49. The van der Waals surface area contributed by atoms with Crippen LogP contribution in [0.4, 0.5) is 0 Å². The highest BCUT2D eigenvalue weighted by atomic mass is 16.5. The van der Waals surface area contributed by atoms with Gasteiger partial charge in [-0.15, -0.1) is 0 Å². The van der Waals surface area contributed by atoms with Crippen LogP contribution in [0, 0.1) is 5.41 Å². The lowest BCUT2D eigenvalue weighted by Crippen LogP contribution is -2.47. The monoisotopic (exact) mass is 351 g/mol. The molecule has 0 bridgehead atoms. The van der Waals surface area contributed by atoms with E-state index in [1.54, 1.807) is 24.3 Å². The summed E-state index contributed by atoms with van der Waals surface area (Å²) in [7, 11) is 0. The third-order valence-corrected chi connectivity index (χ3v) is 4.19. The summed E-state index contributed by atoms with van der Waals surface area (Å²) in [5, 5.41) is 12.1. The second-order valence-corrected chi connectivity index (χ2v) is 6.08. The maximum Gasteiger partial charge on any atom is 0.311 e. The van der Waals surface area contributed by atoms with Crippen molar-refractivity contribution in [2.45, 2.75) is 26.2 Å². The van der Waals surface area contributed by atoms with Crippen LogP contribution >= 0.6 is 0 Å². The van der Waals surface area contributed by atoms with E-state index in [2.05, 4.69) is 5.32 Å². The first-order chi connectivity index (χ1) is 12.1. The summed E-state index contributed by atoms with van der Waals surface area (Å²) in [6, 6.07) is 7.03. The van der Waals surface area contributed by atoms with Gasteiger partial charge < -0.3 is 24.6 Å². The topological polar surface area (TPSA) is 94.1 Å². The van der Waals surface area contributed by atoms with Crippen LogP contribution in [0.25, 0.3) is 0 Å². The highest BCUT2D eigenvalue weighted by molar-refractivity contribution is 5.80. The zero-order valence-electron chi connectivity index (χ0n) is 14.5. The van der Waals surface area contributed by atoms with Crippen molar-refractivity contribution in [1.82, 2.24) is 5.32 Å². The third-order valence-electron chi connectivity index (χ3n) is 4.19. The molecule has 0 unspecified atom stereocenters. The van der Waals surface area contributed by atoms with Crippen LogP contribution < -0.4 is 14.8 Å². The van der Waals surface area contributed by atoms with Crippen molar-refractivity contribution in [2.24, 2.45) is 5.41 Å². The van der Waals surface area contributed by atoms with Gasteiger partial charge in [0.25, 0.3) is 5.91 Å². The molecule has 1 aliphatic rings. The minimum atomic E-state index is -0.952. The van der Waals surface area contributed by atoms with Crippen molar-refractivity contribution in [3.63, 3.8) is 0 Å². The Morgan fingerprint density at radius 1 is 1.16 bits per heavy atom. The van der Waals surface area contributed by atoms with E-state index in [1.807, 2.05) is 6.92 Å². The molecule has 2 rings (SSSR count). The van der Waals surface area contributed by atoms with Gasteiger partial charge in [-0.05, 0) is 43.5 Å². The summed E-state index contributed by atoms with van der Waals surface area (Å²) in [6.07, 6.45) is 1.72. The summed E-state index contributed by atoms with van der Waals surface area (Å²) in [4.78, 5) is 23.5. The highest BCUT2D eigenvalue weighted by Crippen LogP contribution is 2.30. The summed E-state index contributed by atoms with van der Waals surface area (Å²) in [6.45, 7) is 3.39. The molecule has 0 aliphatic carbocycles. The SMILES string of the molecule is CCCOc1ccc(OCC(=O)NCC2(C(=O)O)CCOCC2)cc1. The molecule has 1 heterocycles. The van der Waals surface area contributed by atoms with Crippen LogP contribution in [0.2, 0.25) is 0 Å².